The van der Waals surface area contributed by atoms with E-state index in [-0.39, 0.29) is 18.3 Å². The fourth-order valence-corrected chi connectivity index (χ4v) is 2.73. The monoisotopic (exact) mass is 395 g/mol. The maximum atomic E-state index is 12.2. The van der Waals surface area contributed by atoms with Crippen molar-refractivity contribution in [3.8, 4) is 5.75 Å². The number of rotatable bonds is 5. The SMILES string of the molecule is O=C(Nc1cccc(Cl)c1)c1ccc(COc2ccc(Cl)cc2Cl)o1. The lowest BCUT2D eigenvalue weighted by Crippen LogP contribution is -2.10. The molecule has 4 nitrogen and oxygen atoms in total. The maximum absolute atomic E-state index is 12.2. The molecule has 0 spiro atoms. The van der Waals surface area contributed by atoms with Crippen molar-refractivity contribution in [3.05, 3.63) is 81.2 Å². The Hall–Kier alpha value is -2.14. The first-order valence-electron chi connectivity index (χ1n) is 7.25. The summed E-state index contributed by atoms with van der Waals surface area (Å²) < 4.78 is 11.1. The van der Waals surface area contributed by atoms with Gasteiger partial charge >= 0.3 is 0 Å². The maximum Gasteiger partial charge on any atom is 0.291 e. The van der Waals surface area contributed by atoms with Crippen LogP contribution in [0.15, 0.2) is 59.0 Å². The van der Waals surface area contributed by atoms with Crippen LogP contribution in [0.1, 0.15) is 16.3 Å². The summed E-state index contributed by atoms with van der Waals surface area (Å²) in [7, 11) is 0. The Labute approximate surface area is 159 Å². The van der Waals surface area contributed by atoms with Crippen molar-refractivity contribution >= 4 is 46.4 Å². The van der Waals surface area contributed by atoms with Crippen LogP contribution in [0.3, 0.4) is 0 Å². The molecule has 1 heterocycles. The molecule has 7 heteroatoms. The summed E-state index contributed by atoms with van der Waals surface area (Å²) in [6.45, 7) is 0.131. The van der Waals surface area contributed by atoms with Gasteiger partial charge in [0.05, 0.1) is 5.02 Å². The molecule has 1 aromatic heterocycles. The number of furan rings is 1. The molecule has 0 aliphatic heterocycles. The number of benzene rings is 2. The van der Waals surface area contributed by atoms with E-state index in [1.54, 1.807) is 54.6 Å². The van der Waals surface area contributed by atoms with E-state index >= 15 is 0 Å². The van der Waals surface area contributed by atoms with Crippen LogP contribution >= 0.6 is 34.8 Å². The summed E-state index contributed by atoms with van der Waals surface area (Å²) in [5, 5.41) is 4.17. The number of ether oxygens (including phenoxy) is 1. The second-order valence-electron chi connectivity index (χ2n) is 5.09. The summed E-state index contributed by atoms with van der Waals surface area (Å²) in [5.41, 5.74) is 0.583. The van der Waals surface area contributed by atoms with Gasteiger partial charge in [0.1, 0.15) is 18.1 Å². The van der Waals surface area contributed by atoms with Gasteiger partial charge in [0.15, 0.2) is 5.76 Å². The van der Waals surface area contributed by atoms with E-state index in [2.05, 4.69) is 5.32 Å². The average Bonchev–Trinajstić information content (AvgIpc) is 3.03. The lowest BCUT2D eigenvalue weighted by Gasteiger charge is -2.06. The first kappa shape index (κ1) is 17.7. The Morgan fingerprint density at radius 2 is 1.80 bits per heavy atom. The third kappa shape index (κ3) is 4.69. The fraction of sp³-hybridized carbons (Fsp3) is 0.0556. The molecule has 0 atom stereocenters. The normalized spacial score (nSPS) is 10.5. The van der Waals surface area contributed by atoms with Crippen LogP contribution in [0.25, 0.3) is 0 Å². The van der Waals surface area contributed by atoms with E-state index in [4.69, 9.17) is 44.0 Å². The van der Waals surface area contributed by atoms with Crippen molar-refractivity contribution in [2.45, 2.75) is 6.61 Å². The minimum Gasteiger partial charge on any atom is -0.484 e. The van der Waals surface area contributed by atoms with Crippen LogP contribution in [0.4, 0.5) is 5.69 Å². The molecular formula is C18H12Cl3NO3. The molecule has 0 saturated heterocycles. The second kappa shape index (κ2) is 7.83. The number of carbonyl (C=O) groups is 1. The topological polar surface area (TPSA) is 51.5 Å². The van der Waals surface area contributed by atoms with Crippen LogP contribution in [0.5, 0.6) is 5.75 Å². The van der Waals surface area contributed by atoms with Gasteiger partial charge in [-0.25, -0.2) is 0 Å². The fourth-order valence-electron chi connectivity index (χ4n) is 2.08. The predicted octanol–water partition coefficient (Wildman–Crippen LogP) is 6.07. The molecule has 1 N–H and O–H groups in total. The summed E-state index contributed by atoms with van der Waals surface area (Å²) >= 11 is 17.8. The Balaban J connectivity index is 1.62. The Morgan fingerprint density at radius 3 is 2.56 bits per heavy atom. The van der Waals surface area contributed by atoms with E-state index in [1.807, 2.05) is 0 Å². The number of carbonyl (C=O) groups excluding carboxylic acids is 1. The van der Waals surface area contributed by atoms with Crippen molar-refractivity contribution in [1.29, 1.82) is 0 Å². The molecule has 0 bridgehead atoms. The number of nitrogens with one attached hydrogen (secondary N) is 1. The van der Waals surface area contributed by atoms with Crippen LogP contribution in [0, 0.1) is 0 Å². The molecule has 0 aliphatic carbocycles. The highest BCUT2D eigenvalue weighted by atomic mass is 35.5. The van der Waals surface area contributed by atoms with E-state index in [0.717, 1.165) is 0 Å². The second-order valence-corrected chi connectivity index (χ2v) is 6.37. The molecule has 0 radical (unpaired) electrons. The van der Waals surface area contributed by atoms with E-state index in [1.165, 1.54) is 0 Å². The molecule has 0 saturated carbocycles. The highest BCUT2D eigenvalue weighted by Crippen LogP contribution is 2.28. The molecule has 3 rings (SSSR count). The molecule has 2 aromatic carbocycles. The molecule has 25 heavy (non-hydrogen) atoms. The molecular weight excluding hydrogens is 385 g/mol. The third-order valence-electron chi connectivity index (χ3n) is 3.23. The smallest absolute Gasteiger partial charge is 0.291 e. The molecule has 0 fully saturated rings. The summed E-state index contributed by atoms with van der Waals surface area (Å²) in [5.74, 6) is 0.758. The minimum absolute atomic E-state index is 0.131. The third-order valence-corrected chi connectivity index (χ3v) is 4.00. The van der Waals surface area contributed by atoms with Gasteiger partial charge < -0.3 is 14.5 Å². The molecule has 3 aromatic rings. The first-order valence-corrected chi connectivity index (χ1v) is 8.38. The van der Waals surface area contributed by atoms with Crippen LogP contribution < -0.4 is 10.1 Å². The zero-order chi connectivity index (χ0) is 17.8. The van der Waals surface area contributed by atoms with Gasteiger partial charge in [-0.3, -0.25) is 4.79 Å². The van der Waals surface area contributed by atoms with Crippen LogP contribution in [-0.2, 0) is 6.61 Å². The van der Waals surface area contributed by atoms with Crippen molar-refractivity contribution in [3.63, 3.8) is 0 Å². The number of anilines is 1. The van der Waals surface area contributed by atoms with Crippen molar-refractivity contribution in [1.82, 2.24) is 0 Å². The Morgan fingerprint density at radius 1 is 1.00 bits per heavy atom. The summed E-state index contributed by atoms with van der Waals surface area (Å²) in [6, 6.07) is 15.0. The van der Waals surface area contributed by atoms with Crippen molar-refractivity contribution in [2.75, 3.05) is 5.32 Å². The van der Waals surface area contributed by atoms with Crippen molar-refractivity contribution in [2.24, 2.45) is 0 Å². The van der Waals surface area contributed by atoms with Crippen molar-refractivity contribution < 1.29 is 13.9 Å². The van der Waals surface area contributed by atoms with Gasteiger partial charge in [0.25, 0.3) is 5.91 Å². The summed E-state index contributed by atoms with van der Waals surface area (Å²) in [4.78, 5) is 12.2. The van der Waals surface area contributed by atoms with Gasteiger partial charge in [-0.15, -0.1) is 0 Å². The zero-order valence-corrected chi connectivity index (χ0v) is 15.0. The lowest BCUT2D eigenvalue weighted by atomic mass is 10.3. The summed E-state index contributed by atoms with van der Waals surface area (Å²) in [6.07, 6.45) is 0. The highest BCUT2D eigenvalue weighted by molar-refractivity contribution is 6.35. The molecule has 0 unspecified atom stereocenters. The molecule has 128 valence electrons. The zero-order valence-electron chi connectivity index (χ0n) is 12.8. The van der Waals surface area contributed by atoms with E-state index < -0.39 is 0 Å². The van der Waals surface area contributed by atoms with Gasteiger partial charge in [-0.05, 0) is 48.5 Å². The standard InChI is InChI=1S/C18H12Cl3NO3/c19-11-2-1-3-13(8-11)22-18(23)17-7-5-14(25-17)10-24-16-6-4-12(20)9-15(16)21/h1-9H,10H2,(H,22,23). The Kier molecular flexibility index (Phi) is 5.53. The lowest BCUT2D eigenvalue weighted by molar-refractivity contribution is 0.0992. The number of amides is 1. The van der Waals surface area contributed by atoms with Gasteiger partial charge in [-0.2, -0.15) is 0 Å². The molecule has 0 aliphatic rings. The van der Waals surface area contributed by atoms with Gasteiger partial charge in [0, 0.05) is 15.7 Å². The molecule has 1 amide bonds. The van der Waals surface area contributed by atoms with Gasteiger partial charge in [-0.1, -0.05) is 40.9 Å². The van der Waals surface area contributed by atoms with E-state index in [9.17, 15) is 4.79 Å². The Bertz CT molecular complexity index is 908. The largest absolute Gasteiger partial charge is 0.484 e. The first-order chi connectivity index (χ1) is 12.0. The number of hydrogen-bond acceptors (Lipinski definition) is 3. The van der Waals surface area contributed by atoms with Crippen LogP contribution in [0.2, 0.25) is 15.1 Å². The van der Waals surface area contributed by atoms with Gasteiger partial charge in [0.2, 0.25) is 0 Å². The predicted molar refractivity (Wildman–Crippen MR) is 98.9 cm³/mol. The number of hydrogen-bond donors (Lipinski definition) is 1. The number of halogens is 3. The van der Waals surface area contributed by atoms with Crippen LogP contribution in [-0.4, -0.2) is 5.91 Å². The highest BCUT2D eigenvalue weighted by Gasteiger charge is 2.12. The minimum atomic E-state index is -0.377. The van der Waals surface area contributed by atoms with E-state index in [0.29, 0.717) is 32.3 Å². The quantitative estimate of drug-likeness (QED) is 0.569. The average molecular weight is 397 g/mol.